The summed E-state index contributed by atoms with van der Waals surface area (Å²) in [6, 6.07) is 5.61. The number of nitrogens with zero attached hydrogens (tertiary/aromatic N) is 1. The third kappa shape index (κ3) is 5.68. The number of hydrogen-bond donors (Lipinski definition) is 1. The number of piperidine rings is 1. The summed E-state index contributed by atoms with van der Waals surface area (Å²) in [5, 5.41) is 9.17. The summed E-state index contributed by atoms with van der Waals surface area (Å²) in [7, 11) is 0. The largest absolute Gasteiger partial charge is 0.481 e. The van der Waals surface area contributed by atoms with Gasteiger partial charge in [0.05, 0.1) is 18.1 Å². The van der Waals surface area contributed by atoms with E-state index in [0.717, 1.165) is 30.8 Å². The number of benzene rings is 1. The minimum absolute atomic E-state index is 0.0868. The molecule has 1 atom stereocenters. The Kier molecular flexibility index (Phi) is 7.80. The van der Waals surface area contributed by atoms with Gasteiger partial charge in [0, 0.05) is 17.7 Å². The summed E-state index contributed by atoms with van der Waals surface area (Å²) in [5.74, 6) is -0.287. The molecule has 2 fully saturated rings. The van der Waals surface area contributed by atoms with Gasteiger partial charge in [0.2, 0.25) is 0 Å². The van der Waals surface area contributed by atoms with E-state index in [1.807, 2.05) is 24.3 Å². The number of halogens is 1. The summed E-state index contributed by atoms with van der Waals surface area (Å²) in [4.78, 5) is 13.3. The topological polar surface area (TPSA) is 49.8 Å². The van der Waals surface area contributed by atoms with Crippen LogP contribution in [0, 0.1) is 17.7 Å². The molecule has 0 radical (unpaired) electrons. The molecule has 1 aromatic carbocycles. The Labute approximate surface area is 191 Å². The number of ether oxygens (including phenoxy) is 1. The van der Waals surface area contributed by atoms with Crippen molar-refractivity contribution in [3.8, 4) is 0 Å². The van der Waals surface area contributed by atoms with Gasteiger partial charge >= 0.3 is 5.97 Å². The van der Waals surface area contributed by atoms with Crippen molar-refractivity contribution in [2.45, 2.75) is 77.0 Å². The summed E-state index contributed by atoms with van der Waals surface area (Å²) >= 11 is 0. The first kappa shape index (κ1) is 23.2. The Morgan fingerprint density at radius 3 is 2.53 bits per heavy atom. The monoisotopic (exact) mass is 441 g/mol. The minimum Gasteiger partial charge on any atom is -0.481 e. The molecule has 1 unspecified atom stereocenters. The zero-order valence-electron chi connectivity index (χ0n) is 19.1. The maximum atomic E-state index is 15.3. The second kappa shape index (κ2) is 10.8. The van der Waals surface area contributed by atoms with Crippen molar-refractivity contribution in [3.05, 3.63) is 53.4 Å². The van der Waals surface area contributed by atoms with E-state index < -0.39 is 5.97 Å². The quantitative estimate of drug-likeness (QED) is 0.579. The first-order valence-corrected chi connectivity index (χ1v) is 12.3. The predicted molar refractivity (Wildman–Crippen MR) is 125 cm³/mol. The minimum atomic E-state index is -0.718. The molecule has 1 saturated carbocycles. The highest BCUT2D eigenvalue weighted by Crippen LogP contribution is 2.32. The fourth-order valence-corrected chi connectivity index (χ4v) is 5.33. The molecule has 4 rings (SSSR count). The molecule has 0 amide bonds. The second-order valence-corrected chi connectivity index (χ2v) is 9.65. The fourth-order valence-electron chi connectivity index (χ4n) is 5.33. The van der Waals surface area contributed by atoms with Gasteiger partial charge in [-0.25, -0.2) is 4.39 Å². The van der Waals surface area contributed by atoms with E-state index in [1.165, 1.54) is 19.3 Å². The molecule has 1 saturated heterocycles. The fraction of sp³-hybridized carbons (Fsp3) is 0.593. The SMILES string of the molecule is CCC1CCC(OC2C=CC(c3cccc(CN4CCC(C(=O)O)CC4)c3F)=CC2)CC1. The molecule has 5 heteroatoms. The molecule has 1 N–H and O–H groups in total. The molecule has 0 spiro atoms. The third-order valence-electron chi connectivity index (χ3n) is 7.52. The first-order chi connectivity index (χ1) is 15.5. The summed E-state index contributed by atoms with van der Waals surface area (Å²) < 4.78 is 21.6. The number of carbonyl (C=O) groups is 1. The van der Waals surface area contributed by atoms with Crippen LogP contribution in [0.2, 0.25) is 0 Å². The lowest BCUT2D eigenvalue weighted by atomic mass is 9.85. The van der Waals surface area contributed by atoms with Gasteiger partial charge < -0.3 is 9.84 Å². The second-order valence-electron chi connectivity index (χ2n) is 9.65. The summed E-state index contributed by atoms with van der Waals surface area (Å²) in [6.07, 6.45) is 14.8. The van der Waals surface area contributed by atoms with Gasteiger partial charge in [-0.15, -0.1) is 0 Å². The van der Waals surface area contributed by atoms with Crippen molar-refractivity contribution < 1.29 is 19.0 Å². The van der Waals surface area contributed by atoms with E-state index in [1.54, 1.807) is 0 Å². The molecule has 174 valence electrons. The van der Waals surface area contributed by atoms with Crippen molar-refractivity contribution in [1.29, 1.82) is 0 Å². The first-order valence-electron chi connectivity index (χ1n) is 12.3. The lowest BCUT2D eigenvalue weighted by molar-refractivity contribution is -0.143. The highest BCUT2D eigenvalue weighted by molar-refractivity contribution is 5.75. The van der Waals surface area contributed by atoms with Crippen molar-refractivity contribution >= 4 is 11.5 Å². The van der Waals surface area contributed by atoms with Gasteiger partial charge in [-0.3, -0.25) is 9.69 Å². The molecule has 0 bridgehead atoms. The highest BCUT2D eigenvalue weighted by Gasteiger charge is 2.26. The number of rotatable bonds is 7. The number of allylic oxidation sites excluding steroid dienone is 2. The Balaban J connectivity index is 1.33. The van der Waals surface area contributed by atoms with Crippen molar-refractivity contribution in [2.75, 3.05) is 13.1 Å². The smallest absolute Gasteiger partial charge is 0.306 e. The summed E-state index contributed by atoms with van der Waals surface area (Å²) in [5.41, 5.74) is 2.24. The molecular weight excluding hydrogens is 405 g/mol. The maximum Gasteiger partial charge on any atom is 0.306 e. The van der Waals surface area contributed by atoms with E-state index in [4.69, 9.17) is 4.74 Å². The maximum absolute atomic E-state index is 15.3. The van der Waals surface area contributed by atoms with Crippen LogP contribution in [-0.2, 0) is 16.1 Å². The standard InChI is InChI=1S/C27H36FNO3/c1-2-19-6-10-23(11-7-19)32-24-12-8-20(9-13-24)25-5-3-4-22(26(25)28)18-29-16-14-21(15-17-29)27(30)31/h3-5,8-9,12,19,21,23-24H,2,6-7,10-11,13-18H2,1H3,(H,30,31). The number of hydrogen-bond acceptors (Lipinski definition) is 3. The number of likely N-dealkylation sites (tertiary alicyclic amines) is 1. The van der Waals surface area contributed by atoms with Crippen LogP contribution in [-0.4, -0.2) is 41.3 Å². The van der Waals surface area contributed by atoms with Crippen LogP contribution in [0.15, 0.2) is 36.4 Å². The molecule has 3 aliphatic rings. The van der Waals surface area contributed by atoms with Crippen LogP contribution in [0.5, 0.6) is 0 Å². The van der Waals surface area contributed by atoms with E-state index in [-0.39, 0.29) is 17.8 Å². The lowest BCUT2D eigenvalue weighted by Gasteiger charge is -2.31. The van der Waals surface area contributed by atoms with E-state index in [0.29, 0.717) is 49.7 Å². The predicted octanol–water partition coefficient (Wildman–Crippen LogP) is 5.82. The third-order valence-corrected chi connectivity index (χ3v) is 7.52. The molecule has 0 aromatic heterocycles. The van der Waals surface area contributed by atoms with Gasteiger partial charge in [0.1, 0.15) is 5.82 Å². The molecule has 1 heterocycles. The average molecular weight is 442 g/mol. The lowest BCUT2D eigenvalue weighted by Crippen LogP contribution is -2.36. The van der Waals surface area contributed by atoms with E-state index in [9.17, 15) is 9.90 Å². The molecule has 1 aromatic rings. The summed E-state index contributed by atoms with van der Waals surface area (Å²) in [6.45, 7) is 4.19. The Bertz CT molecular complexity index is 848. The number of carboxylic acids is 1. The molecule has 1 aliphatic heterocycles. The Hall–Kier alpha value is -1.98. The zero-order chi connectivity index (χ0) is 22.5. The molecular formula is C27H36FNO3. The van der Waals surface area contributed by atoms with Crippen LogP contribution in [0.4, 0.5) is 4.39 Å². The van der Waals surface area contributed by atoms with Crippen LogP contribution >= 0.6 is 0 Å². The van der Waals surface area contributed by atoms with Gasteiger partial charge in [-0.1, -0.05) is 49.8 Å². The zero-order valence-corrected chi connectivity index (χ0v) is 19.1. The molecule has 32 heavy (non-hydrogen) atoms. The van der Waals surface area contributed by atoms with Gasteiger partial charge in [0.25, 0.3) is 0 Å². The van der Waals surface area contributed by atoms with Crippen molar-refractivity contribution in [3.63, 3.8) is 0 Å². The molecule has 4 nitrogen and oxygen atoms in total. The van der Waals surface area contributed by atoms with E-state index in [2.05, 4.69) is 24.0 Å². The van der Waals surface area contributed by atoms with Crippen LogP contribution in [0.1, 0.15) is 69.4 Å². The van der Waals surface area contributed by atoms with Gasteiger partial charge in [0.15, 0.2) is 0 Å². The van der Waals surface area contributed by atoms with Crippen LogP contribution < -0.4 is 0 Å². The molecule has 2 aliphatic carbocycles. The average Bonchev–Trinajstić information content (AvgIpc) is 2.82. The Morgan fingerprint density at radius 1 is 1.16 bits per heavy atom. The normalized spacial score (nSPS) is 27.3. The van der Waals surface area contributed by atoms with Gasteiger partial charge in [-0.2, -0.15) is 0 Å². The van der Waals surface area contributed by atoms with E-state index >= 15 is 4.39 Å². The number of aliphatic carboxylic acids is 1. The van der Waals surface area contributed by atoms with Crippen molar-refractivity contribution in [1.82, 2.24) is 4.90 Å². The van der Waals surface area contributed by atoms with Crippen LogP contribution in [0.3, 0.4) is 0 Å². The van der Waals surface area contributed by atoms with Gasteiger partial charge in [-0.05, 0) is 69.5 Å². The van der Waals surface area contributed by atoms with Crippen molar-refractivity contribution in [2.24, 2.45) is 11.8 Å². The van der Waals surface area contributed by atoms with Crippen LogP contribution in [0.25, 0.3) is 5.57 Å². The Morgan fingerprint density at radius 2 is 1.91 bits per heavy atom. The number of carboxylic acid groups (broad SMARTS) is 1. The highest BCUT2D eigenvalue weighted by atomic mass is 19.1.